The van der Waals surface area contributed by atoms with Gasteiger partial charge in [0.15, 0.2) is 0 Å². The van der Waals surface area contributed by atoms with E-state index in [0.717, 1.165) is 18.4 Å². The van der Waals surface area contributed by atoms with E-state index in [1.54, 1.807) is 0 Å². The summed E-state index contributed by atoms with van der Waals surface area (Å²) >= 11 is 0. The molecule has 0 spiro atoms. The monoisotopic (exact) mass is 232 g/mol. The van der Waals surface area contributed by atoms with Crippen LogP contribution in [-0.2, 0) is 11.2 Å². The predicted molar refractivity (Wildman–Crippen MR) is 73.1 cm³/mol. The first-order valence-corrected chi connectivity index (χ1v) is 6.81. The highest BCUT2D eigenvalue weighted by atomic mass is 16.1. The molecular weight excluding hydrogens is 208 g/mol. The summed E-state index contributed by atoms with van der Waals surface area (Å²) in [6, 6.07) is 10.0. The summed E-state index contributed by atoms with van der Waals surface area (Å²) in [5.41, 5.74) is 1.14. The van der Waals surface area contributed by atoms with E-state index in [1.807, 2.05) is 30.3 Å². The van der Waals surface area contributed by atoms with Crippen molar-refractivity contribution in [3.05, 3.63) is 35.9 Å². The highest BCUT2D eigenvalue weighted by Gasteiger charge is 2.11. The number of hydrogen-bond acceptors (Lipinski definition) is 1. The third kappa shape index (κ3) is 5.67. The number of carbonyl (C=O) groups is 1. The van der Waals surface area contributed by atoms with Crippen LogP contribution in [0.2, 0.25) is 0 Å². The molecule has 1 atom stereocenters. The van der Waals surface area contributed by atoms with Gasteiger partial charge in [0, 0.05) is 12.8 Å². The van der Waals surface area contributed by atoms with Gasteiger partial charge in [-0.15, -0.1) is 0 Å². The molecule has 1 nitrogen and oxygen atoms in total. The molecule has 94 valence electrons. The first-order chi connectivity index (χ1) is 8.26. The van der Waals surface area contributed by atoms with Gasteiger partial charge in [0.25, 0.3) is 0 Å². The molecule has 0 aromatic heterocycles. The van der Waals surface area contributed by atoms with Crippen LogP contribution in [-0.4, -0.2) is 5.78 Å². The molecule has 0 aliphatic heterocycles. The van der Waals surface area contributed by atoms with Gasteiger partial charge in [-0.2, -0.15) is 0 Å². The van der Waals surface area contributed by atoms with Crippen molar-refractivity contribution in [3.8, 4) is 0 Å². The second-order valence-electron chi connectivity index (χ2n) is 4.82. The van der Waals surface area contributed by atoms with Gasteiger partial charge in [-0.3, -0.25) is 4.79 Å². The molecule has 0 aliphatic carbocycles. The predicted octanol–water partition coefficient (Wildman–Crippen LogP) is 4.40. The third-order valence-corrected chi connectivity index (χ3v) is 3.30. The van der Waals surface area contributed by atoms with Gasteiger partial charge in [-0.05, 0) is 11.5 Å². The van der Waals surface area contributed by atoms with Gasteiger partial charge in [0.1, 0.15) is 5.78 Å². The zero-order valence-corrected chi connectivity index (χ0v) is 11.1. The average molecular weight is 232 g/mol. The highest BCUT2D eigenvalue weighted by Crippen LogP contribution is 2.18. The first-order valence-electron chi connectivity index (χ1n) is 6.81. The Hall–Kier alpha value is -1.11. The molecule has 1 rings (SSSR count). The van der Waals surface area contributed by atoms with Gasteiger partial charge in [-0.1, -0.05) is 69.9 Å². The van der Waals surface area contributed by atoms with Crippen LogP contribution in [0.15, 0.2) is 30.3 Å². The zero-order valence-electron chi connectivity index (χ0n) is 11.1. The quantitative estimate of drug-likeness (QED) is 0.649. The Kier molecular flexibility index (Phi) is 6.61. The number of ketones is 1. The molecule has 0 fully saturated rings. The molecule has 1 unspecified atom stereocenters. The normalized spacial score (nSPS) is 12.4. The van der Waals surface area contributed by atoms with Crippen LogP contribution >= 0.6 is 0 Å². The van der Waals surface area contributed by atoms with Crippen molar-refractivity contribution in [2.24, 2.45) is 5.92 Å². The van der Waals surface area contributed by atoms with E-state index >= 15 is 0 Å². The van der Waals surface area contributed by atoms with Crippen LogP contribution in [0.25, 0.3) is 0 Å². The lowest BCUT2D eigenvalue weighted by molar-refractivity contribution is -0.119. The number of Topliss-reactive ketones (excluding diaryl/α,β-unsaturated/α-hetero) is 1. The number of benzene rings is 1. The largest absolute Gasteiger partial charge is 0.299 e. The summed E-state index contributed by atoms with van der Waals surface area (Å²) < 4.78 is 0. The minimum Gasteiger partial charge on any atom is -0.299 e. The van der Waals surface area contributed by atoms with E-state index in [4.69, 9.17) is 0 Å². The third-order valence-electron chi connectivity index (χ3n) is 3.30. The second-order valence-corrected chi connectivity index (χ2v) is 4.82. The molecule has 17 heavy (non-hydrogen) atoms. The fraction of sp³-hybridized carbons (Fsp3) is 0.562. The lowest BCUT2D eigenvalue weighted by Crippen LogP contribution is -2.10. The van der Waals surface area contributed by atoms with E-state index < -0.39 is 0 Å². The van der Waals surface area contributed by atoms with Crippen molar-refractivity contribution in [1.29, 1.82) is 0 Å². The van der Waals surface area contributed by atoms with Crippen molar-refractivity contribution in [2.45, 2.75) is 52.4 Å². The summed E-state index contributed by atoms with van der Waals surface area (Å²) in [6.45, 7) is 4.40. The minimum atomic E-state index is 0.388. The molecule has 1 heteroatoms. The summed E-state index contributed by atoms with van der Waals surface area (Å²) in [4.78, 5) is 11.9. The van der Waals surface area contributed by atoms with Crippen LogP contribution in [0.1, 0.15) is 51.5 Å². The van der Waals surface area contributed by atoms with Crippen LogP contribution in [0, 0.1) is 5.92 Å². The smallest absolute Gasteiger partial charge is 0.137 e. The highest BCUT2D eigenvalue weighted by molar-refractivity contribution is 5.81. The summed E-state index contributed by atoms with van der Waals surface area (Å²) in [5, 5.41) is 0. The Morgan fingerprint density at radius 1 is 1.18 bits per heavy atom. The van der Waals surface area contributed by atoms with Crippen LogP contribution in [0.3, 0.4) is 0 Å². The Morgan fingerprint density at radius 3 is 2.47 bits per heavy atom. The van der Waals surface area contributed by atoms with E-state index in [1.165, 1.54) is 19.3 Å². The first kappa shape index (κ1) is 14.0. The van der Waals surface area contributed by atoms with Gasteiger partial charge >= 0.3 is 0 Å². The molecule has 0 aliphatic rings. The maximum Gasteiger partial charge on any atom is 0.137 e. The van der Waals surface area contributed by atoms with E-state index in [-0.39, 0.29) is 0 Å². The van der Waals surface area contributed by atoms with E-state index in [9.17, 15) is 4.79 Å². The number of carbonyl (C=O) groups excluding carboxylic acids is 1. The fourth-order valence-corrected chi connectivity index (χ4v) is 2.16. The molecule has 0 saturated heterocycles. The van der Waals surface area contributed by atoms with E-state index in [0.29, 0.717) is 18.1 Å². The molecule has 0 radical (unpaired) electrons. The SMILES string of the molecule is CCCCC(CC)CC(=O)Cc1ccccc1. The van der Waals surface area contributed by atoms with Crippen molar-refractivity contribution in [2.75, 3.05) is 0 Å². The second kappa shape index (κ2) is 8.05. The summed E-state index contributed by atoms with van der Waals surface area (Å²) in [5.74, 6) is 0.977. The minimum absolute atomic E-state index is 0.388. The van der Waals surface area contributed by atoms with Crippen molar-refractivity contribution >= 4 is 5.78 Å². The van der Waals surface area contributed by atoms with Gasteiger partial charge < -0.3 is 0 Å². The summed E-state index contributed by atoms with van der Waals surface area (Å²) in [7, 11) is 0. The average Bonchev–Trinajstić information content (AvgIpc) is 2.35. The van der Waals surface area contributed by atoms with Gasteiger partial charge in [0.05, 0.1) is 0 Å². The van der Waals surface area contributed by atoms with Crippen LogP contribution < -0.4 is 0 Å². The fourth-order valence-electron chi connectivity index (χ4n) is 2.16. The molecule has 0 heterocycles. The van der Waals surface area contributed by atoms with Crippen molar-refractivity contribution in [3.63, 3.8) is 0 Å². The van der Waals surface area contributed by atoms with Crippen LogP contribution in [0.5, 0.6) is 0 Å². The molecule has 0 saturated carbocycles. The number of hydrogen-bond donors (Lipinski definition) is 0. The Balaban J connectivity index is 2.37. The van der Waals surface area contributed by atoms with Crippen LogP contribution in [0.4, 0.5) is 0 Å². The van der Waals surface area contributed by atoms with Gasteiger partial charge in [0.2, 0.25) is 0 Å². The molecule has 0 N–H and O–H groups in total. The number of rotatable bonds is 8. The molecule has 1 aromatic rings. The Labute approximate surface area is 105 Å². The van der Waals surface area contributed by atoms with Gasteiger partial charge in [-0.25, -0.2) is 0 Å². The Morgan fingerprint density at radius 2 is 1.88 bits per heavy atom. The molecule has 0 bridgehead atoms. The topological polar surface area (TPSA) is 17.1 Å². The Bertz CT molecular complexity index is 316. The maximum absolute atomic E-state index is 11.9. The molecular formula is C16H24O. The standard InChI is InChI=1S/C16H24O/c1-3-5-9-14(4-2)12-16(17)13-15-10-7-6-8-11-15/h6-8,10-11,14H,3-5,9,12-13H2,1-2H3. The molecule has 1 aromatic carbocycles. The number of unbranched alkanes of at least 4 members (excludes halogenated alkanes) is 1. The van der Waals surface area contributed by atoms with Crippen molar-refractivity contribution < 1.29 is 4.79 Å². The molecule has 0 amide bonds. The van der Waals surface area contributed by atoms with E-state index in [2.05, 4.69) is 13.8 Å². The lowest BCUT2D eigenvalue weighted by atomic mass is 9.92. The van der Waals surface area contributed by atoms with Crippen molar-refractivity contribution in [1.82, 2.24) is 0 Å². The zero-order chi connectivity index (χ0) is 12.5. The summed E-state index contributed by atoms with van der Waals surface area (Å²) in [6.07, 6.45) is 6.16. The lowest BCUT2D eigenvalue weighted by Gasteiger charge is -2.13. The maximum atomic E-state index is 11.9.